The number of nitrogens with zero attached hydrogens (tertiary/aromatic N) is 1. The van der Waals surface area contributed by atoms with E-state index in [0.29, 0.717) is 0 Å². The maximum absolute atomic E-state index is 5.47. The summed E-state index contributed by atoms with van der Waals surface area (Å²) in [6.45, 7) is 5.22. The van der Waals surface area contributed by atoms with Crippen LogP contribution in [-0.4, -0.2) is 24.6 Å². The topological polar surface area (TPSA) is 50.1 Å². The lowest BCUT2D eigenvalue weighted by Gasteiger charge is -2.23. The quantitative estimate of drug-likeness (QED) is 0.872. The molecule has 18 heavy (non-hydrogen) atoms. The van der Waals surface area contributed by atoms with E-state index in [1.54, 1.807) is 0 Å². The lowest BCUT2D eigenvalue weighted by atomic mass is 9.98. The molecule has 2 aromatic rings. The number of hydrogen-bond donors (Lipinski definition) is 2. The van der Waals surface area contributed by atoms with Gasteiger partial charge in [0, 0.05) is 19.2 Å². The highest BCUT2D eigenvalue weighted by molar-refractivity contribution is 5.77. The van der Waals surface area contributed by atoms with Crippen LogP contribution in [0.25, 0.3) is 11.1 Å². The summed E-state index contributed by atoms with van der Waals surface area (Å²) in [5.74, 6) is 1.50. The van der Waals surface area contributed by atoms with E-state index in [0.717, 1.165) is 48.2 Å². The molecule has 0 radical (unpaired) electrons. The van der Waals surface area contributed by atoms with Gasteiger partial charge in [-0.3, -0.25) is 0 Å². The summed E-state index contributed by atoms with van der Waals surface area (Å²) < 4.78 is 5.47. The predicted octanol–water partition coefficient (Wildman–Crippen LogP) is 2.55. The number of aromatic nitrogens is 1. The Labute approximate surface area is 107 Å². The van der Waals surface area contributed by atoms with Crippen molar-refractivity contribution in [2.45, 2.75) is 19.8 Å². The average molecular weight is 245 g/mol. The summed E-state index contributed by atoms with van der Waals surface area (Å²) in [6, 6.07) is 6.11. The van der Waals surface area contributed by atoms with Crippen molar-refractivity contribution in [2.24, 2.45) is 5.92 Å². The molecule has 1 aliphatic rings. The van der Waals surface area contributed by atoms with Gasteiger partial charge in [0.1, 0.15) is 5.52 Å². The number of anilines is 1. The first-order chi connectivity index (χ1) is 8.81. The molecule has 2 N–H and O–H groups in total. The summed E-state index contributed by atoms with van der Waals surface area (Å²) in [7, 11) is 0. The largest absolute Gasteiger partial charge is 0.441 e. The Balaban J connectivity index is 1.66. The first kappa shape index (κ1) is 11.5. The number of fused-ring (bicyclic) bond motifs is 1. The van der Waals surface area contributed by atoms with Gasteiger partial charge in [-0.15, -0.1) is 0 Å². The molecule has 1 aliphatic heterocycles. The van der Waals surface area contributed by atoms with Crippen LogP contribution in [0.5, 0.6) is 0 Å². The van der Waals surface area contributed by atoms with Crippen molar-refractivity contribution < 1.29 is 4.42 Å². The van der Waals surface area contributed by atoms with Gasteiger partial charge < -0.3 is 15.1 Å². The van der Waals surface area contributed by atoms with Gasteiger partial charge >= 0.3 is 0 Å². The van der Waals surface area contributed by atoms with Gasteiger partial charge in [-0.25, -0.2) is 4.98 Å². The van der Waals surface area contributed by atoms with Crippen LogP contribution in [0.3, 0.4) is 0 Å². The fourth-order valence-electron chi connectivity index (χ4n) is 2.50. The molecule has 0 bridgehead atoms. The van der Waals surface area contributed by atoms with E-state index in [2.05, 4.69) is 27.8 Å². The van der Waals surface area contributed by atoms with E-state index < -0.39 is 0 Å². The van der Waals surface area contributed by atoms with Crippen molar-refractivity contribution in [3.8, 4) is 0 Å². The second kappa shape index (κ2) is 4.98. The van der Waals surface area contributed by atoms with Crippen LogP contribution in [0.1, 0.15) is 18.7 Å². The summed E-state index contributed by atoms with van der Waals surface area (Å²) in [5.41, 5.74) is 2.93. The molecule has 1 fully saturated rings. The SMILES string of the molecule is Cc1nc2cc(NCC3CCNCC3)ccc2o1. The molecule has 0 atom stereocenters. The van der Waals surface area contributed by atoms with Gasteiger partial charge in [-0.2, -0.15) is 0 Å². The molecule has 4 heteroatoms. The van der Waals surface area contributed by atoms with Crippen molar-refractivity contribution in [1.29, 1.82) is 0 Å². The normalized spacial score (nSPS) is 17.2. The van der Waals surface area contributed by atoms with E-state index in [1.165, 1.54) is 12.8 Å². The van der Waals surface area contributed by atoms with Gasteiger partial charge in [-0.1, -0.05) is 0 Å². The molecular weight excluding hydrogens is 226 g/mol. The van der Waals surface area contributed by atoms with Gasteiger partial charge in [0.25, 0.3) is 0 Å². The molecule has 0 amide bonds. The molecular formula is C14H19N3O. The minimum atomic E-state index is 0.723. The second-order valence-electron chi connectivity index (χ2n) is 4.99. The van der Waals surface area contributed by atoms with E-state index in [-0.39, 0.29) is 0 Å². The molecule has 4 nitrogen and oxygen atoms in total. The zero-order valence-corrected chi connectivity index (χ0v) is 10.7. The molecule has 0 unspecified atom stereocenters. The Morgan fingerprint density at radius 1 is 1.39 bits per heavy atom. The first-order valence-electron chi connectivity index (χ1n) is 6.63. The molecule has 0 aliphatic carbocycles. The van der Waals surface area contributed by atoms with Crippen molar-refractivity contribution in [3.05, 3.63) is 24.1 Å². The number of benzene rings is 1. The van der Waals surface area contributed by atoms with Crippen LogP contribution in [0.15, 0.2) is 22.6 Å². The van der Waals surface area contributed by atoms with Crippen LogP contribution in [0.4, 0.5) is 5.69 Å². The van der Waals surface area contributed by atoms with Gasteiger partial charge in [0.2, 0.25) is 0 Å². The fourth-order valence-corrected chi connectivity index (χ4v) is 2.50. The summed E-state index contributed by atoms with van der Waals surface area (Å²) in [6.07, 6.45) is 2.52. The number of piperidine rings is 1. The van der Waals surface area contributed by atoms with Crippen molar-refractivity contribution in [2.75, 3.05) is 25.0 Å². The van der Waals surface area contributed by atoms with Crippen LogP contribution < -0.4 is 10.6 Å². The first-order valence-corrected chi connectivity index (χ1v) is 6.63. The van der Waals surface area contributed by atoms with Crippen molar-refractivity contribution in [3.63, 3.8) is 0 Å². The van der Waals surface area contributed by atoms with E-state index in [4.69, 9.17) is 4.42 Å². The zero-order valence-electron chi connectivity index (χ0n) is 10.7. The molecule has 3 rings (SSSR count). The lowest BCUT2D eigenvalue weighted by Crippen LogP contribution is -2.31. The summed E-state index contributed by atoms with van der Waals surface area (Å²) >= 11 is 0. The molecule has 1 aromatic carbocycles. The van der Waals surface area contributed by atoms with Crippen molar-refractivity contribution in [1.82, 2.24) is 10.3 Å². The molecule has 96 valence electrons. The minimum Gasteiger partial charge on any atom is -0.441 e. The van der Waals surface area contributed by atoms with Gasteiger partial charge in [-0.05, 0) is 50.0 Å². The number of nitrogens with one attached hydrogen (secondary N) is 2. The fraction of sp³-hybridized carbons (Fsp3) is 0.500. The van der Waals surface area contributed by atoms with E-state index in [9.17, 15) is 0 Å². The third kappa shape index (κ3) is 2.48. The lowest BCUT2D eigenvalue weighted by molar-refractivity contribution is 0.390. The maximum atomic E-state index is 5.47. The molecule has 0 saturated carbocycles. The minimum absolute atomic E-state index is 0.723. The van der Waals surface area contributed by atoms with E-state index >= 15 is 0 Å². The Bertz CT molecular complexity index is 529. The average Bonchev–Trinajstić information content (AvgIpc) is 2.77. The number of oxazole rings is 1. The predicted molar refractivity (Wildman–Crippen MR) is 72.8 cm³/mol. The van der Waals surface area contributed by atoms with Gasteiger partial charge in [0.05, 0.1) is 0 Å². The van der Waals surface area contributed by atoms with Crippen LogP contribution in [0.2, 0.25) is 0 Å². The van der Waals surface area contributed by atoms with Gasteiger partial charge in [0.15, 0.2) is 11.5 Å². The Hall–Kier alpha value is -1.55. The number of hydrogen-bond acceptors (Lipinski definition) is 4. The molecule has 0 spiro atoms. The van der Waals surface area contributed by atoms with Crippen LogP contribution in [0, 0.1) is 12.8 Å². The Kier molecular flexibility index (Phi) is 3.19. The second-order valence-corrected chi connectivity index (χ2v) is 4.99. The highest BCUT2D eigenvalue weighted by atomic mass is 16.3. The third-order valence-electron chi connectivity index (χ3n) is 3.55. The number of aryl methyl sites for hydroxylation is 1. The molecule has 2 heterocycles. The Morgan fingerprint density at radius 2 is 2.22 bits per heavy atom. The molecule has 1 saturated heterocycles. The zero-order chi connectivity index (χ0) is 12.4. The van der Waals surface area contributed by atoms with Crippen LogP contribution >= 0.6 is 0 Å². The monoisotopic (exact) mass is 245 g/mol. The smallest absolute Gasteiger partial charge is 0.192 e. The standard InChI is InChI=1S/C14H19N3O/c1-10-17-13-8-12(2-3-14(13)18-10)16-9-11-4-6-15-7-5-11/h2-3,8,11,15-16H,4-7,9H2,1H3. The summed E-state index contributed by atoms with van der Waals surface area (Å²) in [5, 5.41) is 6.90. The molecule has 1 aromatic heterocycles. The van der Waals surface area contributed by atoms with Crippen molar-refractivity contribution >= 4 is 16.8 Å². The maximum Gasteiger partial charge on any atom is 0.192 e. The summed E-state index contributed by atoms with van der Waals surface area (Å²) in [4.78, 5) is 4.35. The third-order valence-corrected chi connectivity index (χ3v) is 3.55. The highest BCUT2D eigenvalue weighted by Gasteiger charge is 2.12. The van der Waals surface area contributed by atoms with Crippen LogP contribution in [-0.2, 0) is 0 Å². The Morgan fingerprint density at radius 3 is 3.06 bits per heavy atom. The highest BCUT2D eigenvalue weighted by Crippen LogP contribution is 2.20. The van der Waals surface area contributed by atoms with E-state index in [1.807, 2.05) is 13.0 Å². The number of rotatable bonds is 3.